The van der Waals surface area contributed by atoms with Crippen LogP contribution in [0.5, 0.6) is 0 Å². The van der Waals surface area contributed by atoms with E-state index in [0.29, 0.717) is 18.9 Å². The van der Waals surface area contributed by atoms with Crippen LogP contribution in [0.3, 0.4) is 0 Å². The van der Waals surface area contributed by atoms with Gasteiger partial charge in [0.25, 0.3) is 0 Å². The first-order valence-corrected chi connectivity index (χ1v) is 7.11. The monoisotopic (exact) mass is 277 g/mol. The van der Waals surface area contributed by atoms with Crippen molar-refractivity contribution in [2.45, 2.75) is 43.9 Å². The number of hydrogen-bond donors (Lipinski definition) is 1. The average molecular weight is 277 g/mol. The van der Waals surface area contributed by atoms with E-state index >= 15 is 0 Å². The number of methoxy groups -OCH3 is 2. The van der Waals surface area contributed by atoms with E-state index < -0.39 is 5.60 Å². The van der Waals surface area contributed by atoms with E-state index in [4.69, 9.17) is 9.47 Å². The predicted octanol–water partition coefficient (Wildman–Crippen LogP) is 2.28. The Morgan fingerprint density at radius 3 is 2.45 bits per heavy atom. The van der Waals surface area contributed by atoms with Crippen molar-refractivity contribution in [3.8, 4) is 0 Å². The van der Waals surface area contributed by atoms with Crippen LogP contribution in [0.15, 0.2) is 30.3 Å². The fourth-order valence-corrected chi connectivity index (χ4v) is 2.82. The molecule has 1 aliphatic rings. The van der Waals surface area contributed by atoms with Crippen LogP contribution in [0.1, 0.15) is 31.2 Å². The highest BCUT2D eigenvalue weighted by Gasteiger charge is 2.42. The highest BCUT2D eigenvalue weighted by atomic mass is 16.6. The standard InChI is InChI=1S/C16H23NO3/c1-19-15(18)16(20-2)10-8-14(9-11-16)17-12-13-6-4-3-5-7-13/h3-7,14,17H,8-12H2,1-2H3. The van der Waals surface area contributed by atoms with Gasteiger partial charge in [0.1, 0.15) is 0 Å². The van der Waals surface area contributed by atoms with Gasteiger partial charge in [-0.05, 0) is 31.2 Å². The minimum Gasteiger partial charge on any atom is -0.467 e. The molecule has 0 amide bonds. The lowest BCUT2D eigenvalue weighted by atomic mass is 9.82. The zero-order valence-corrected chi connectivity index (χ0v) is 12.2. The van der Waals surface area contributed by atoms with Crippen molar-refractivity contribution in [3.63, 3.8) is 0 Å². The van der Waals surface area contributed by atoms with Gasteiger partial charge in [-0.25, -0.2) is 4.79 Å². The topological polar surface area (TPSA) is 47.6 Å². The molecular formula is C16H23NO3. The van der Waals surface area contributed by atoms with Crippen molar-refractivity contribution >= 4 is 5.97 Å². The Hall–Kier alpha value is -1.39. The van der Waals surface area contributed by atoms with Crippen LogP contribution >= 0.6 is 0 Å². The third-order valence-electron chi connectivity index (χ3n) is 4.18. The van der Waals surface area contributed by atoms with Gasteiger partial charge in [-0.2, -0.15) is 0 Å². The summed E-state index contributed by atoms with van der Waals surface area (Å²) in [5.41, 5.74) is 0.545. The summed E-state index contributed by atoms with van der Waals surface area (Å²) in [5.74, 6) is -0.249. The molecule has 0 aromatic heterocycles. The lowest BCUT2D eigenvalue weighted by molar-refractivity contribution is -0.170. The summed E-state index contributed by atoms with van der Waals surface area (Å²) >= 11 is 0. The maximum Gasteiger partial charge on any atom is 0.338 e. The van der Waals surface area contributed by atoms with Crippen LogP contribution in [-0.2, 0) is 20.8 Å². The van der Waals surface area contributed by atoms with Gasteiger partial charge in [0.05, 0.1) is 7.11 Å². The molecule has 0 atom stereocenters. The highest BCUT2D eigenvalue weighted by molar-refractivity contribution is 5.79. The van der Waals surface area contributed by atoms with E-state index in [-0.39, 0.29) is 5.97 Å². The van der Waals surface area contributed by atoms with Crippen molar-refractivity contribution in [1.82, 2.24) is 5.32 Å². The van der Waals surface area contributed by atoms with E-state index in [9.17, 15) is 4.79 Å². The summed E-state index contributed by atoms with van der Waals surface area (Å²) < 4.78 is 10.3. The van der Waals surface area contributed by atoms with Gasteiger partial charge in [-0.15, -0.1) is 0 Å². The minimum absolute atomic E-state index is 0.249. The number of hydrogen-bond acceptors (Lipinski definition) is 4. The maximum absolute atomic E-state index is 11.8. The van der Waals surface area contributed by atoms with Gasteiger partial charge < -0.3 is 14.8 Å². The van der Waals surface area contributed by atoms with Gasteiger partial charge in [0.2, 0.25) is 0 Å². The summed E-state index contributed by atoms with van der Waals surface area (Å²) in [7, 11) is 3.01. The predicted molar refractivity (Wildman–Crippen MR) is 77.3 cm³/mol. The van der Waals surface area contributed by atoms with Crippen molar-refractivity contribution < 1.29 is 14.3 Å². The summed E-state index contributed by atoms with van der Waals surface area (Å²) in [5, 5.41) is 3.55. The molecule has 0 heterocycles. The Kier molecular flexibility index (Phi) is 5.15. The Balaban J connectivity index is 1.83. The smallest absolute Gasteiger partial charge is 0.338 e. The Labute approximate surface area is 120 Å². The number of nitrogens with one attached hydrogen (secondary N) is 1. The fraction of sp³-hybridized carbons (Fsp3) is 0.562. The number of rotatable bonds is 5. The van der Waals surface area contributed by atoms with Crippen LogP contribution in [0, 0.1) is 0 Å². The largest absolute Gasteiger partial charge is 0.467 e. The normalized spacial score (nSPS) is 26.2. The van der Waals surface area contributed by atoms with E-state index in [1.54, 1.807) is 7.11 Å². The second kappa shape index (κ2) is 6.86. The molecule has 1 aromatic carbocycles. The molecule has 1 aromatic rings. The molecule has 1 N–H and O–H groups in total. The van der Waals surface area contributed by atoms with Crippen molar-refractivity contribution in [3.05, 3.63) is 35.9 Å². The van der Waals surface area contributed by atoms with Crippen LogP contribution in [0.2, 0.25) is 0 Å². The SMILES string of the molecule is COC(=O)C1(OC)CCC(NCc2ccccc2)CC1. The quantitative estimate of drug-likeness (QED) is 0.839. The lowest BCUT2D eigenvalue weighted by Gasteiger charge is -2.36. The van der Waals surface area contributed by atoms with Gasteiger partial charge in [-0.1, -0.05) is 30.3 Å². The molecule has 20 heavy (non-hydrogen) atoms. The molecule has 1 saturated carbocycles. The molecule has 0 saturated heterocycles. The van der Waals surface area contributed by atoms with Crippen LogP contribution < -0.4 is 5.32 Å². The number of esters is 1. The molecule has 110 valence electrons. The molecule has 1 aliphatic carbocycles. The third-order valence-corrected chi connectivity index (χ3v) is 4.18. The zero-order chi connectivity index (χ0) is 14.4. The van der Waals surface area contributed by atoms with Crippen molar-refractivity contribution in [2.24, 2.45) is 0 Å². The molecule has 2 rings (SSSR count). The van der Waals surface area contributed by atoms with E-state index in [0.717, 1.165) is 19.4 Å². The van der Waals surface area contributed by atoms with Gasteiger partial charge in [-0.3, -0.25) is 0 Å². The van der Waals surface area contributed by atoms with E-state index in [2.05, 4.69) is 17.4 Å². The zero-order valence-electron chi connectivity index (χ0n) is 12.2. The number of ether oxygens (including phenoxy) is 2. The minimum atomic E-state index is -0.736. The number of carbonyl (C=O) groups is 1. The van der Waals surface area contributed by atoms with Crippen molar-refractivity contribution in [2.75, 3.05) is 14.2 Å². The highest BCUT2D eigenvalue weighted by Crippen LogP contribution is 2.32. The molecule has 4 heteroatoms. The summed E-state index contributed by atoms with van der Waals surface area (Å²) in [6.07, 6.45) is 3.27. The molecule has 0 radical (unpaired) electrons. The van der Waals surface area contributed by atoms with Crippen LogP contribution in [-0.4, -0.2) is 31.8 Å². The second-order valence-corrected chi connectivity index (χ2v) is 5.33. The summed E-state index contributed by atoms with van der Waals surface area (Å²) in [4.78, 5) is 11.8. The molecule has 0 spiro atoms. The number of benzene rings is 1. The van der Waals surface area contributed by atoms with Crippen molar-refractivity contribution in [1.29, 1.82) is 0 Å². The fourth-order valence-electron chi connectivity index (χ4n) is 2.82. The second-order valence-electron chi connectivity index (χ2n) is 5.33. The molecule has 1 fully saturated rings. The molecular weight excluding hydrogens is 254 g/mol. The Bertz CT molecular complexity index is 425. The van der Waals surface area contributed by atoms with Gasteiger partial charge in [0.15, 0.2) is 5.60 Å². The average Bonchev–Trinajstić information content (AvgIpc) is 2.53. The number of carbonyl (C=O) groups excluding carboxylic acids is 1. The Morgan fingerprint density at radius 1 is 1.25 bits per heavy atom. The molecule has 0 unspecified atom stereocenters. The van der Waals surface area contributed by atoms with Gasteiger partial charge in [0, 0.05) is 19.7 Å². The third kappa shape index (κ3) is 3.38. The van der Waals surface area contributed by atoms with Crippen LogP contribution in [0.25, 0.3) is 0 Å². The molecule has 0 bridgehead atoms. The summed E-state index contributed by atoms with van der Waals surface area (Å²) in [6, 6.07) is 10.8. The molecule has 0 aliphatic heterocycles. The maximum atomic E-state index is 11.8. The van der Waals surface area contributed by atoms with E-state index in [1.165, 1.54) is 12.7 Å². The lowest BCUT2D eigenvalue weighted by Crippen LogP contribution is -2.48. The summed E-state index contributed by atoms with van der Waals surface area (Å²) in [6.45, 7) is 0.865. The Morgan fingerprint density at radius 2 is 1.90 bits per heavy atom. The first kappa shape index (κ1) is 15.0. The van der Waals surface area contributed by atoms with Gasteiger partial charge >= 0.3 is 5.97 Å². The van der Waals surface area contributed by atoms with Crippen LogP contribution in [0.4, 0.5) is 0 Å². The molecule has 4 nitrogen and oxygen atoms in total. The van der Waals surface area contributed by atoms with E-state index in [1.807, 2.05) is 18.2 Å². The first-order chi connectivity index (χ1) is 9.70. The first-order valence-electron chi connectivity index (χ1n) is 7.11.